The van der Waals surface area contributed by atoms with E-state index in [0.29, 0.717) is 5.82 Å². The van der Waals surface area contributed by atoms with Gasteiger partial charge in [-0.2, -0.15) is 4.98 Å². The molecule has 0 bridgehead atoms. The Bertz CT molecular complexity index is 4740. The molecule has 15 aromatic rings. The second-order valence-electron chi connectivity index (χ2n) is 19.0. The third-order valence-corrected chi connectivity index (χ3v) is 15.1. The Morgan fingerprint density at radius 2 is 0.753 bits per heavy atom. The van der Waals surface area contributed by atoms with Crippen molar-refractivity contribution in [3.63, 3.8) is 0 Å². The lowest BCUT2D eigenvalue weighted by atomic mass is 10.1. The van der Waals surface area contributed by atoms with Gasteiger partial charge in [0.2, 0.25) is 5.95 Å². The summed E-state index contributed by atoms with van der Waals surface area (Å²) in [6.07, 6.45) is -0.448. The number of hydrogen-bond acceptors (Lipinski definition) is 3. The van der Waals surface area contributed by atoms with Crippen molar-refractivity contribution in [3.8, 4) is 23.0 Å². The summed E-state index contributed by atoms with van der Waals surface area (Å²) >= 11 is 0. The highest BCUT2D eigenvalue weighted by Gasteiger charge is 2.35. The number of hydrogen-bond donors (Lipinski definition) is 1. The Morgan fingerprint density at radius 1 is 0.329 bits per heavy atom. The van der Waals surface area contributed by atoms with Gasteiger partial charge in [0.1, 0.15) is 6.17 Å². The first-order valence-corrected chi connectivity index (χ1v) is 24.9. The summed E-state index contributed by atoms with van der Waals surface area (Å²) in [5.74, 6) is 2.16. The number of nitrogens with one attached hydrogen (secondary N) is 1. The Morgan fingerprint density at radius 3 is 1.32 bits per heavy atom. The number of benzene rings is 10. The van der Waals surface area contributed by atoms with E-state index in [2.05, 4.69) is 271 Å². The molecule has 1 aliphatic rings. The summed E-state index contributed by atoms with van der Waals surface area (Å²) in [4.78, 5) is 11.4. The number of fused-ring (bicyclic) bond motifs is 15. The van der Waals surface area contributed by atoms with Crippen LogP contribution < -0.4 is 5.32 Å². The summed E-state index contributed by atoms with van der Waals surface area (Å²) in [7, 11) is 0. The maximum absolute atomic E-state index is 5.72. The number of rotatable bonds is 6. The monoisotopic (exact) mass is 934 g/mol. The molecule has 6 heterocycles. The number of aromatic nitrogens is 6. The Kier molecular flexibility index (Phi) is 8.35. The van der Waals surface area contributed by atoms with Crippen LogP contribution in [0.5, 0.6) is 0 Å². The summed E-state index contributed by atoms with van der Waals surface area (Å²) < 4.78 is 12.0. The molecule has 16 rings (SSSR count). The minimum absolute atomic E-state index is 0.448. The van der Waals surface area contributed by atoms with Crippen LogP contribution in [-0.2, 0) is 0 Å². The highest BCUT2D eigenvalue weighted by molar-refractivity contribution is 6.28. The largest absolute Gasteiger partial charge is 0.342 e. The zero-order valence-electron chi connectivity index (χ0n) is 39.3. The van der Waals surface area contributed by atoms with E-state index in [1.54, 1.807) is 0 Å². The molecule has 8 heteroatoms. The highest BCUT2D eigenvalue weighted by atomic mass is 15.4. The van der Waals surface area contributed by atoms with Crippen LogP contribution in [0, 0.1) is 0 Å². The van der Waals surface area contributed by atoms with Crippen molar-refractivity contribution in [2.45, 2.75) is 6.17 Å². The molecular formula is C65H42N8. The molecular weight excluding hydrogens is 893 g/mol. The third kappa shape index (κ3) is 5.60. The number of para-hydroxylation sites is 7. The van der Waals surface area contributed by atoms with Gasteiger partial charge in [0, 0.05) is 60.0 Å². The van der Waals surface area contributed by atoms with Gasteiger partial charge in [-0.1, -0.05) is 170 Å². The van der Waals surface area contributed by atoms with Crippen LogP contribution in [-0.4, -0.2) is 33.5 Å². The fourth-order valence-corrected chi connectivity index (χ4v) is 12.2. The van der Waals surface area contributed by atoms with Crippen LogP contribution in [0.15, 0.2) is 248 Å². The lowest BCUT2D eigenvalue weighted by Gasteiger charge is -2.29. The minimum atomic E-state index is -0.448. The number of anilines is 1. The maximum Gasteiger partial charge on any atom is 0.223 e. The van der Waals surface area contributed by atoms with E-state index in [-0.39, 0.29) is 0 Å². The van der Waals surface area contributed by atoms with Gasteiger partial charge in [-0.15, -0.1) is 0 Å². The zero-order valence-corrected chi connectivity index (χ0v) is 39.3. The van der Waals surface area contributed by atoms with E-state index in [9.17, 15) is 0 Å². The Labute approximate surface area is 418 Å². The molecule has 0 saturated heterocycles. The lowest BCUT2D eigenvalue weighted by molar-refractivity contribution is 0.748. The molecule has 1 aliphatic heterocycles. The molecule has 73 heavy (non-hydrogen) atoms. The number of nitrogens with zero attached hydrogens (tertiary/aromatic N) is 7. The van der Waals surface area contributed by atoms with Gasteiger partial charge in [0.25, 0.3) is 0 Å². The van der Waals surface area contributed by atoms with Crippen molar-refractivity contribution >= 4 is 105 Å². The van der Waals surface area contributed by atoms with Gasteiger partial charge < -0.3 is 19.0 Å². The molecule has 0 aliphatic carbocycles. The molecule has 0 saturated carbocycles. The Hall–Kier alpha value is -9.92. The number of imidazole rings is 1. The van der Waals surface area contributed by atoms with E-state index in [1.807, 2.05) is 0 Å². The molecule has 1 N–H and O–H groups in total. The topological polar surface area (TPSA) is 61.9 Å². The molecule has 0 radical (unpaired) electrons. The van der Waals surface area contributed by atoms with E-state index >= 15 is 0 Å². The van der Waals surface area contributed by atoms with Crippen molar-refractivity contribution in [1.82, 2.24) is 27.8 Å². The first-order chi connectivity index (χ1) is 36.3. The smallest absolute Gasteiger partial charge is 0.223 e. The molecule has 10 aromatic carbocycles. The van der Waals surface area contributed by atoms with Crippen LogP contribution in [0.25, 0.3) is 110 Å². The van der Waals surface area contributed by atoms with Crippen molar-refractivity contribution in [3.05, 3.63) is 248 Å². The molecule has 0 spiro atoms. The molecule has 342 valence electrons. The summed E-state index contributed by atoms with van der Waals surface area (Å²) in [5.41, 5.74) is 14.1. The van der Waals surface area contributed by atoms with Crippen LogP contribution in [0.2, 0.25) is 0 Å². The lowest BCUT2D eigenvalue weighted by Crippen LogP contribution is -2.31. The van der Waals surface area contributed by atoms with E-state index in [4.69, 9.17) is 9.98 Å². The first kappa shape index (κ1) is 39.9. The van der Waals surface area contributed by atoms with Gasteiger partial charge in [-0.05, 0) is 72.8 Å². The number of aliphatic imine (C=N–C) groups is 1. The van der Waals surface area contributed by atoms with Gasteiger partial charge in [0.15, 0.2) is 11.6 Å². The molecule has 0 amide bonds. The summed E-state index contributed by atoms with van der Waals surface area (Å²) in [6, 6.07) is 87.0. The normalized spacial score (nSPS) is 13.8. The average Bonchev–Trinajstić information content (AvgIpc) is 4.26. The van der Waals surface area contributed by atoms with Crippen LogP contribution >= 0.6 is 0 Å². The fraction of sp³-hybridized carbons (Fsp3) is 0.0154. The van der Waals surface area contributed by atoms with E-state index in [1.165, 1.54) is 48.9 Å². The molecule has 1 atom stereocenters. The van der Waals surface area contributed by atoms with Gasteiger partial charge in [-0.25, -0.2) is 4.99 Å². The van der Waals surface area contributed by atoms with Crippen molar-refractivity contribution in [2.24, 2.45) is 4.99 Å². The van der Waals surface area contributed by atoms with Crippen LogP contribution in [0.4, 0.5) is 11.6 Å². The van der Waals surface area contributed by atoms with Crippen LogP contribution in [0.1, 0.15) is 11.7 Å². The first-order valence-electron chi connectivity index (χ1n) is 24.9. The van der Waals surface area contributed by atoms with Crippen LogP contribution in [0.3, 0.4) is 0 Å². The molecule has 0 fully saturated rings. The highest BCUT2D eigenvalue weighted by Crippen LogP contribution is 2.47. The third-order valence-electron chi connectivity index (χ3n) is 15.1. The van der Waals surface area contributed by atoms with Crippen molar-refractivity contribution < 1.29 is 0 Å². The zero-order chi connectivity index (χ0) is 47.7. The SMILES string of the molecule is c1ccc(C2=Nc3nc(-n4c5ccccc5c5c4ccc4c6ccccc6n(-c6ccccc6)c45)n(-c4ccccc4)c3NC2n2c3ccccc3c3c4c(ccc32)c2ccccc2n4-c2ccccc2)cc1. The van der Waals surface area contributed by atoms with Gasteiger partial charge in [-0.3, -0.25) is 9.13 Å². The van der Waals surface area contributed by atoms with E-state index in [0.717, 1.165) is 78.5 Å². The average molecular weight is 935 g/mol. The molecule has 1 unspecified atom stereocenters. The second kappa shape index (κ2) is 15.3. The van der Waals surface area contributed by atoms with Crippen molar-refractivity contribution in [1.29, 1.82) is 0 Å². The molecule has 8 nitrogen and oxygen atoms in total. The predicted octanol–water partition coefficient (Wildman–Crippen LogP) is 16.0. The summed E-state index contributed by atoms with van der Waals surface area (Å²) in [5, 5.41) is 13.7. The Balaban J connectivity index is 0.994. The quantitative estimate of drug-likeness (QED) is 0.181. The fourth-order valence-electron chi connectivity index (χ4n) is 12.2. The van der Waals surface area contributed by atoms with Crippen molar-refractivity contribution in [2.75, 3.05) is 5.32 Å². The predicted molar refractivity (Wildman–Crippen MR) is 301 cm³/mol. The maximum atomic E-state index is 5.72. The molecule has 5 aromatic heterocycles. The summed E-state index contributed by atoms with van der Waals surface area (Å²) in [6.45, 7) is 0. The van der Waals surface area contributed by atoms with E-state index < -0.39 is 6.17 Å². The standard InChI is InChI=1S/C65H42N8/c1-5-21-41(22-6-1)59-63(72-53-35-19-15-31-49(53)57-55(72)39-37-47-45-29-13-17-33-51(45)69(60(47)57)42-23-7-2-8-24-42)68-64-62(66-59)67-65(71(64)44-27-11-4-12-28-44)73-54-36-20-16-32-50(54)58-56(73)40-38-48-46-30-14-18-34-52(46)70(61(48)58)43-25-9-3-10-26-43/h1-40,63,68H. The van der Waals surface area contributed by atoms with Gasteiger partial charge in [0.05, 0.1) is 55.5 Å². The second-order valence-corrected chi connectivity index (χ2v) is 19.0. The van der Waals surface area contributed by atoms with Gasteiger partial charge >= 0.3 is 0 Å². The minimum Gasteiger partial charge on any atom is -0.342 e.